The summed E-state index contributed by atoms with van der Waals surface area (Å²) in [6.07, 6.45) is -0.405. The van der Waals surface area contributed by atoms with Crippen molar-refractivity contribution in [2.75, 3.05) is 25.4 Å². The number of hydrogen-bond donors (Lipinski definition) is 3. The molecule has 3 aromatic carbocycles. The van der Waals surface area contributed by atoms with Crippen molar-refractivity contribution >= 4 is 38.6 Å². The summed E-state index contributed by atoms with van der Waals surface area (Å²) in [5.41, 5.74) is 4.92. The number of fused-ring (bicyclic) bond motifs is 3. The number of nitrogens with zero attached hydrogens (tertiary/aromatic N) is 1. The molecule has 0 saturated heterocycles. The Bertz CT molecular complexity index is 1650. The summed E-state index contributed by atoms with van der Waals surface area (Å²) in [5, 5.41) is 11.8. The first kappa shape index (κ1) is 29.9. The average Bonchev–Trinajstić information content (AvgIpc) is 3.35. The molecule has 0 fully saturated rings. The lowest BCUT2D eigenvalue weighted by Gasteiger charge is -2.35. The van der Waals surface area contributed by atoms with Crippen molar-refractivity contribution in [1.29, 1.82) is 0 Å². The number of aromatic nitrogens is 1. The number of aromatic amines is 1. The van der Waals surface area contributed by atoms with Crippen LogP contribution in [0, 0.1) is 6.92 Å². The number of carbonyl (C=O) groups is 1. The molecule has 9 nitrogen and oxygen atoms in total. The van der Waals surface area contributed by atoms with Crippen LogP contribution in [-0.4, -0.2) is 61.1 Å². The number of H-pyrrole nitrogens is 1. The standard InChI is InChI=1S/C31H34ClN3O6S/c1-3-42(38,39)33-19-23(36)15-17-40-24-11-6-21(7-12-24)30-29-26(27-18-22(32)8-13-28(27)34-29)14-16-35(30)31(37)41-25-9-4-20(2)5-10-25/h4-13,18,23,30,33-34,36H,3,14-17,19H2,1-2H3. The smallest absolute Gasteiger partial charge is 0.416 e. The topological polar surface area (TPSA) is 121 Å². The maximum Gasteiger partial charge on any atom is 0.416 e. The molecule has 0 spiro atoms. The van der Waals surface area contributed by atoms with E-state index in [0.29, 0.717) is 29.5 Å². The molecule has 0 bridgehead atoms. The van der Waals surface area contributed by atoms with Gasteiger partial charge in [0.25, 0.3) is 0 Å². The van der Waals surface area contributed by atoms with Crippen LogP contribution in [0.5, 0.6) is 11.5 Å². The third-order valence-corrected chi connectivity index (χ3v) is 8.99. The Hall–Kier alpha value is -3.57. The van der Waals surface area contributed by atoms with E-state index in [4.69, 9.17) is 21.1 Å². The highest BCUT2D eigenvalue weighted by Gasteiger charge is 2.35. The molecular formula is C31H34ClN3O6S. The molecule has 2 unspecified atom stereocenters. The summed E-state index contributed by atoms with van der Waals surface area (Å²) < 4.78 is 37.1. The van der Waals surface area contributed by atoms with Crippen molar-refractivity contribution in [3.05, 3.63) is 94.1 Å². The van der Waals surface area contributed by atoms with Crippen LogP contribution in [0.25, 0.3) is 10.9 Å². The molecule has 1 aromatic heterocycles. The fourth-order valence-corrected chi connectivity index (χ4v) is 5.88. The van der Waals surface area contributed by atoms with Gasteiger partial charge < -0.3 is 19.6 Å². The predicted octanol–water partition coefficient (Wildman–Crippen LogP) is 5.35. The third-order valence-electron chi connectivity index (χ3n) is 7.38. The van der Waals surface area contributed by atoms with E-state index in [1.807, 2.05) is 61.5 Å². The molecule has 4 aromatic rings. The van der Waals surface area contributed by atoms with Crippen LogP contribution < -0.4 is 14.2 Å². The molecule has 1 aliphatic rings. The molecule has 42 heavy (non-hydrogen) atoms. The lowest BCUT2D eigenvalue weighted by atomic mass is 9.92. The van der Waals surface area contributed by atoms with Gasteiger partial charge in [-0.25, -0.2) is 17.9 Å². The first-order valence-corrected chi connectivity index (χ1v) is 15.9. The van der Waals surface area contributed by atoms with E-state index in [1.165, 1.54) is 6.92 Å². The zero-order valence-electron chi connectivity index (χ0n) is 23.5. The number of amides is 1. The minimum atomic E-state index is -3.37. The van der Waals surface area contributed by atoms with Gasteiger partial charge in [0, 0.05) is 41.1 Å². The lowest BCUT2D eigenvalue weighted by Crippen LogP contribution is -2.42. The zero-order chi connectivity index (χ0) is 29.9. The van der Waals surface area contributed by atoms with E-state index in [-0.39, 0.29) is 25.3 Å². The van der Waals surface area contributed by atoms with Gasteiger partial charge in [-0.1, -0.05) is 41.4 Å². The first-order chi connectivity index (χ1) is 20.1. The van der Waals surface area contributed by atoms with E-state index >= 15 is 0 Å². The third kappa shape index (κ3) is 6.90. The van der Waals surface area contributed by atoms with Gasteiger partial charge in [0.1, 0.15) is 17.5 Å². The molecule has 2 atom stereocenters. The molecule has 5 rings (SSSR count). The van der Waals surface area contributed by atoms with Gasteiger partial charge in [0.05, 0.1) is 18.5 Å². The number of hydrogen-bond acceptors (Lipinski definition) is 6. The van der Waals surface area contributed by atoms with Gasteiger partial charge >= 0.3 is 6.09 Å². The van der Waals surface area contributed by atoms with Crippen LogP contribution in [0.15, 0.2) is 66.7 Å². The van der Waals surface area contributed by atoms with Crippen LogP contribution in [-0.2, 0) is 16.4 Å². The van der Waals surface area contributed by atoms with Crippen molar-refractivity contribution in [1.82, 2.24) is 14.6 Å². The molecule has 1 amide bonds. The molecule has 0 radical (unpaired) electrons. The van der Waals surface area contributed by atoms with Crippen molar-refractivity contribution in [2.24, 2.45) is 0 Å². The van der Waals surface area contributed by atoms with Gasteiger partial charge in [-0.2, -0.15) is 0 Å². The molecule has 1 aliphatic heterocycles. The van der Waals surface area contributed by atoms with E-state index in [0.717, 1.165) is 33.3 Å². The van der Waals surface area contributed by atoms with Crippen LogP contribution >= 0.6 is 11.6 Å². The van der Waals surface area contributed by atoms with Gasteiger partial charge in [0.2, 0.25) is 10.0 Å². The normalized spacial score (nSPS) is 15.8. The SMILES string of the molecule is CCS(=O)(=O)NCC(O)CCOc1ccc(C2c3[nH]c4ccc(Cl)cc4c3CCN2C(=O)Oc2ccc(C)cc2)cc1. The van der Waals surface area contributed by atoms with E-state index < -0.39 is 28.3 Å². The largest absolute Gasteiger partial charge is 0.493 e. The Kier molecular flexibility index (Phi) is 9.08. The summed E-state index contributed by atoms with van der Waals surface area (Å²) in [6.45, 7) is 4.12. The number of rotatable bonds is 10. The average molecular weight is 612 g/mol. The number of sulfonamides is 1. The second-order valence-corrected chi connectivity index (χ2v) is 12.9. The minimum Gasteiger partial charge on any atom is -0.493 e. The minimum absolute atomic E-state index is 0.0432. The Morgan fingerprint density at radius 3 is 2.55 bits per heavy atom. The monoisotopic (exact) mass is 611 g/mol. The quantitative estimate of drug-likeness (QED) is 0.222. The number of aliphatic hydroxyl groups is 1. The summed E-state index contributed by atoms with van der Waals surface area (Å²) in [4.78, 5) is 18.7. The van der Waals surface area contributed by atoms with E-state index in [9.17, 15) is 18.3 Å². The number of ether oxygens (including phenoxy) is 2. The first-order valence-electron chi connectivity index (χ1n) is 13.9. The molecule has 0 saturated carbocycles. The highest BCUT2D eigenvalue weighted by Crippen LogP contribution is 2.40. The Morgan fingerprint density at radius 1 is 1.12 bits per heavy atom. The summed E-state index contributed by atoms with van der Waals surface area (Å²) >= 11 is 6.32. The van der Waals surface area contributed by atoms with Gasteiger partial charge in [-0.15, -0.1) is 0 Å². The second kappa shape index (κ2) is 12.7. The van der Waals surface area contributed by atoms with Crippen LogP contribution in [0.4, 0.5) is 4.79 Å². The lowest BCUT2D eigenvalue weighted by molar-refractivity contribution is 0.135. The van der Waals surface area contributed by atoms with E-state index in [1.54, 1.807) is 17.0 Å². The van der Waals surface area contributed by atoms with Gasteiger partial charge in [0.15, 0.2) is 0 Å². The van der Waals surface area contributed by atoms with Crippen molar-refractivity contribution in [3.63, 3.8) is 0 Å². The van der Waals surface area contributed by atoms with E-state index in [2.05, 4.69) is 9.71 Å². The fraction of sp³-hybridized carbons (Fsp3) is 0.323. The number of aliphatic hydroxyl groups excluding tert-OH is 1. The molecule has 11 heteroatoms. The van der Waals surface area contributed by atoms with Crippen molar-refractivity contribution in [3.8, 4) is 11.5 Å². The Balaban J connectivity index is 1.35. The summed E-state index contributed by atoms with van der Waals surface area (Å²) in [5.74, 6) is 1.03. The molecular weight excluding hydrogens is 578 g/mol. The molecule has 2 heterocycles. The number of benzene rings is 3. The number of carbonyl (C=O) groups excluding carboxylic acids is 1. The molecule has 222 valence electrons. The highest BCUT2D eigenvalue weighted by atomic mass is 35.5. The number of aryl methyl sites for hydroxylation is 1. The number of halogens is 1. The fourth-order valence-electron chi connectivity index (χ4n) is 5.06. The molecule has 3 N–H and O–H groups in total. The van der Waals surface area contributed by atoms with Gasteiger partial charge in [-0.3, -0.25) is 4.90 Å². The molecule has 0 aliphatic carbocycles. The summed E-state index contributed by atoms with van der Waals surface area (Å²) in [6, 6.07) is 20.1. The predicted molar refractivity (Wildman–Crippen MR) is 163 cm³/mol. The highest BCUT2D eigenvalue weighted by molar-refractivity contribution is 7.89. The second-order valence-electron chi connectivity index (χ2n) is 10.3. The number of nitrogens with one attached hydrogen (secondary N) is 2. The summed E-state index contributed by atoms with van der Waals surface area (Å²) in [7, 11) is -3.37. The maximum atomic E-state index is 13.5. The van der Waals surface area contributed by atoms with Gasteiger partial charge in [-0.05, 0) is 73.9 Å². The zero-order valence-corrected chi connectivity index (χ0v) is 25.0. The Labute approximate surface area is 250 Å². The van der Waals surface area contributed by atoms with Crippen LogP contribution in [0.1, 0.15) is 41.8 Å². The van der Waals surface area contributed by atoms with Crippen LogP contribution in [0.2, 0.25) is 5.02 Å². The van der Waals surface area contributed by atoms with Crippen molar-refractivity contribution in [2.45, 2.75) is 38.8 Å². The maximum absolute atomic E-state index is 13.5. The van der Waals surface area contributed by atoms with Crippen molar-refractivity contribution < 1.29 is 27.8 Å². The van der Waals surface area contributed by atoms with Crippen LogP contribution in [0.3, 0.4) is 0 Å². The Morgan fingerprint density at radius 2 is 1.83 bits per heavy atom.